The van der Waals surface area contributed by atoms with Crippen LogP contribution in [-0.2, 0) is 13.6 Å². The standard InChI is InChI=1S/C12H23N3OS/c1-4-6-13-9-11-10(2)14-15(3)12(11)17-8-5-7-16/h13,16H,4-9H2,1-3H3. The number of aryl methyl sites for hydroxylation is 2. The molecule has 0 radical (unpaired) electrons. The van der Waals surface area contributed by atoms with Crippen LogP contribution in [0.2, 0.25) is 0 Å². The molecule has 0 spiro atoms. The molecule has 1 heterocycles. The van der Waals surface area contributed by atoms with Crippen molar-refractivity contribution in [1.29, 1.82) is 0 Å². The van der Waals surface area contributed by atoms with Crippen molar-refractivity contribution in [3.8, 4) is 0 Å². The monoisotopic (exact) mass is 257 g/mol. The van der Waals surface area contributed by atoms with Gasteiger partial charge in [0.2, 0.25) is 0 Å². The zero-order valence-electron chi connectivity index (χ0n) is 11.0. The van der Waals surface area contributed by atoms with Crippen molar-refractivity contribution in [3.05, 3.63) is 11.3 Å². The first-order valence-electron chi connectivity index (χ1n) is 6.17. The molecule has 0 bridgehead atoms. The van der Waals surface area contributed by atoms with Gasteiger partial charge in [-0.25, -0.2) is 0 Å². The summed E-state index contributed by atoms with van der Waals surface area (Å²) in [4.78, 5) is 0. The third-order valence-electron chi connectivity index (χ3n) is 2.56. The smallest absolute Gasteiger partial charge is 0.0984 e. The summed E-state index contributed by atoms with van der Waals surface area (Å²) in [6, 6.07) is 0. The van der Waals surface area contributed by atoms with Gasteiger partial charge in [-0.05, 0) is 26.3 Å². The second kappa shape index (κ2) is 7.74. The van der Waals surface area contributed by atoms with Crippen LogP contribution >= 0.6 is 11.8 Å². The van der Waals surface area contributed by atoms with E-state index in [1.54, 1.807) is 11.8 Å². The molecule has 0 saturated carbocycles. The highest BCUT2D eigenvalue weighted by Crippen LogP contribution is 2.25. The second-order valence-corrected chi connectivity index (χ2v) is 5.18. The summed E-state index contributed by atoms with van der Waals surface area (Å²) >= 11 is 1.78. The zero-order chi connectivity index (χ0) is 12.7. The summed E-state index contributed by atoms with van der Waals surface area (Å²) in [6.07, 6.45) is 1.98. The molecular weight excluding hydrogens is 234 g/mol. The van der Waals surface area contributed by atoms with E-state index in [0.717, 1.165) is 37.4 Å². The highest BCUT2D eigenvalue weighted by Gasteiger charge is 2.12. The lowest BCUT2D eigenvalue weighted by atomic mass is 10.2. The lowest BCUT2D eigenvalue weighted by Gasteiger charge is -2.07. The van der Waals surface area contributed by atoms with Crippen molar-refractivity contribution in [1.82, 2.24) is 15.1 Å². The Bertz CT molecular complexity index is 308. The first-order valence-corrected chi connectivity index (χ1v) is 7.16. The van der Waals surface area contributed by atoms with Crippen LogP contribution in [0.1, 0.15) is 31.0 Å². The number of hydrogen-bond acceptors (Lipinski definition) is 4. The highest BCUT2D eigenvalue weighted by atomic mass is 32.2. The summed E-state index contributed by atoms with van der Waals surface area (Å²) in [7, 11) is 1.98. The Morgan fingerprint density at radius 2 is 2.24 bits per heavy atom. The largest absolute Gasteiger partial charge is 0.396 e. The lowest BCUT2D eigenvalue weighted by molar-refractivity contribution is 0.296. The van der Waals surface area contributed by atoms with Crippen molar-refractivity contribution in [2.45, 2.75) is 38.3 Å². The van der Waals surface area contributed by atoms with Crippen molar-refractivity contribution in [2.75, 3.05) is 18.9 Å². The van der Waals surface area contributed by atoms with Gasteiger partial charge >= 0.3 is 0 Å². The SMILES string of the molecule is CCCNCc1c(C)nn(C)c1SCCCO. The average molecular weight is 257 g/mol. The number of nitrogens with one attached hydrogen (secondary N) is 1. The van der Waals surface area contributed by atoms with E-state index in [0.29, 0.717) is 0 Å². The van der Waals surface area contributed by atoms with E-state index < -0.39 is 0 Å². The molecule has 0 aromatic carbocycles. The van der Waals surface area contributed by atoms with E-state index in [1.807, 2.05) is 11.7 Å². The van der Waals surface area contributed by atoms with E-state index >= 15 is 0 Å². The van der Waals surface area contributed by atoms with Gasteiger partial charge in [0.05, 0.1) is 10.7 Å². The predicted molar refractivity (Wildman–Crippen MR) is 72.4 cm³/mol. The third kappa shape index (κ3) is 4.33. The van der Waals surface area contributed by atoms with Crippen LogP contribution in [0.25, 0.3) is 0 Å². The third-order valence-corrected chi connectivity index (χ3v) is 3.84. The number of aromatic nitrogens is 2. The van der Waals surface area contributed by atoms with Gasteiger partial charge in [0.15, 0.2) is 0 Å². The van der Waals surface area contributed by atoms with Gasteiger partial charge < -0.3 is 10.4 Å². The number of rotatable bonds is 8. The van der Waals surface area contributed by atoms with Crippen LogP contribution < -0.4 is 5.32 Å². The molecule has 1 aromatic heterocycles. The molecule has 2 N–H and O–H groups in total. The van der Waals surface area contributed by atoms with Crippen molar-refractivity contribution in [2.24, 2.45) is 7.05 Å². The molecule has 98 valence electrons. The Kier molecular flexibility index (Phi) is 6.62. The minimum Gasteiger partial charge on any atom is -0.396 e. The maximum Gasteiger partial charge on any atom is 0.0984 e. The maximum atomic E-state index is 8.81. The van der Waals surface area contributed by atoms with E-state index in [1.165, 1.54) is 10.6 Å². The molecule has 1 rings (SSSR count). The van der Waals surface area contributed by atoms with Crippen molar-refractivity contribution < 1.29 is 5.11 Å². The number of hydrogen-bond donors (Lipinski definition) is 2. The fourth-order valence-electron chi connectivity index (χ4n) is 1.69. The zero-order valence-corrected chi connectivity index (χ0v) is 11.8. The van der Waals surface area contributed by atoms with Gasteiger partial charge in [0, 0.05) is 31.5 Å². The van der Waals surface area contributed by atoms with Gasteiger partial charge in [0.1, 0.15) is 0 Å². The fraction of sp³-hybridized carbons (Fsp3) is 0.750. The molecule has 0 unspecified atom stereocenters. The number of aliphatic hydroxyl groups excluding tert-OH is 1. The van der Waals surface area contributed by atoms with Crippen LogP contribution in [-0.4, -0.2) is 33.8 Å². The molecule has 0 aliphatic rings. The van der Waals surface area contributed by atoms with Crippen LogP contribution in [0.5, 0.6) is 0 Å². The van der Waals surface area contributed by atoms with Crippen molar-refractivity contribution >= 4 is 11.8 Å². The molecule has 0 atom stereocenters. The first kappa shape index (κ1) is 14.5. The van der Waals surface area contributed by atoms with E-state index in [9.17, 15) is 0 Å². The maximum absolute atomic E-state index is 8.81. The minimum absolute atomic E-state index is 0.257. The lowest BCUT2D eigenvalue weighted by Crippen LogP contribution is -2.14. The van der Waals surface area contributed by atoms with Crippen molar-refractivity contribution in [3.63, 3.8) is 0 Å². The van der Waals surface area contributed by atoms with Gasteiger partial charge in [-0.1, -0.05) is 6.92 Å². The number of thioether (sulfide) groups is 1. The Labute approximate surface area is 108 Å². The number of aliphatic hydroxyl groups is 1. The van der Waals surface area contributed by atoms with E-state index in [4.69, 9.17) is 5.11 Å². The average Bonchev–Trinajstić information content (AvgIpc) is 2.56. The summed E-state index contributed by atoms with van der Waals surface area (Å²) in [5, 5.41) is 17.9. The Balaban J connectivity index is 2.65. The van der Waals surface area contributed by atoms with Crippen LogP contribution in [0.4, 0.5) is 0 Å². The molecule has 0 amide bonds. The molecule has 5 heteroatoms. The summed E-state index contributed by atoms with van der Waals surface area (Å²) in [6.45, 7) is 6.40. The predicted octanol–water partition coefficient (Wildman–Crippen LogP) is 1.70. The van der Waals surface area contributed by atoms with Crippen LogP contribution in [0.15, 0.2) is 5.03 Å². The van der Waals surface area contributed by atoms with Gasteiger partial charge in [-0.15, -0.1) is 11.8 Å². The molecule has 0 aliphatic heterocycles. The first-order chi connectivity index (χ1) is 8.20. The van der Waals surface area contributed by atoms with Crippen LogP contribution in [0.3, 0.4) is 0 Å². The normalized spacial score (nSPS) is 11.1. The quantitative estimate of drug-likeness (QED) is 0.550. The minimum atomic E-state index is 0.257. The molecule has 0 fully saturated rings. The second-order valence-electron chi connectivity index (χ2n) is 4.10. The van der Waals surface area contributed by atoms with E-state index in [-0.39, 0.29) is 6.61 Å². The molecule has 1 aromatic rings. The van der Waals surface area contributed by atoms with Gasteiger partial charge in [0.25, 0.3) is 0 Å². The Hall–Kier alpha value is -0.520. The van der Waals surface area contributed by atoms with Gasteiger partial charge in [-0.3, -0.25) is 4.68 Å². The molecule has 17 heavy (non-hydrogen) atoms. The van der Waals surface area contributed by atoms with Gasteiger partial charge in [-0.2, -0.15) is 5.10 Å². The molecule has 0 saturated heterocycles. The Morgan fingerprint density at radius 3 is 2.88 bits per heavy atom. The molecule has 4 nitrogen and oxygen atoms in total. The molecular formula is C12H23N3OS. The Morgan fingerprint density at radius 1 is 1.47 bits per heavy atom. The van der Waals surface area contributed by atoms with E-state index in [2.05, 4.69) is 24.3 Å². The topological polar surface area (TPSA) is 50.1 Å². The fourth-order valence-corrected chi connectivity index (χ4v) is 2.78. The van der Waals surface area contributed by atoms with Crippen LogP contribution in [0, 0.1) is 6.92 Å². The number of nitrogens with zero attached hydrogens (tertiary/aromatic N) is 2. The summed E-state index contributed by atoms with van der Waals surface area (Å²) in [5.74, 6) is 0.941. The summed E-state index contributed by atoms with van der Waals surface area (Å²) < 4.78 is 1.94. The molecule has 0 aliphatic carbocycles. The summed E-state index contributed by atoms with van der Waals surface area (Å²) in [5.41, 5.74) is 2.39. The highest BCUT2D eigenvalue weighted by molar-refractivity contribution is 7.99.